The maximum absolute atomic E-state index is 12.8. The summed E-state index contributed by atoms with van der Waals surface area (Å²) in [4.78, 5) is 30.1. The van der Waals surface area contributed by atoms with Crippen LogP contribution in [0.25, 0.3) is 27.3 Å². The number of aromatic nitrogens is 3. The van der Waals surface area contributed by atoms with Gasteiger partial charge in [0.25, 0.3) is 5.91 Å². The number of thiophene rings is 1. The average molecular weight is 406 g/mol. The number of para-hydroxylation sites is 1. The van der Waals surface area contributed by atoms with Crippen molar-refractivity contribution in [1.29, 1.82) is 0 Å². The van der Waals surface area contributed by atoms with Gasteiger partial charge < -0.3 is 10.1 Å². The van der Waals surface area contributed by atoms with Gasteiger partial charge in [0.2, 0.25) is 0 Å². The Morgan fingerprint density at radius 3 is 2.66 bits per heavy atom. The van der Waals surface area contributed by atoms with E-state index in [1.54, 1.807) is 10.7 Å². The van der Waals surface area contributed by atoms with Crippen LogP contribution in [-0.4, -0.2) is 40.3 Å². The van der Waals surface area contributed by atoms with E-state index in [0.29, 0.717) is 28.0 Å². The molecule has 0 aliphatic rings. The zero-order valence-electron chi connectivity index (χ0n) is 15.9. The lowest BCUT2D eigenvalue weighted by Crippen LogP contribution is -2.25. The monoisotopic (exact) mass is 406 g/mol. The quantitative estimate of drug-likeness (QED) is 0.514. The second kappa shape index (κ2) is 7.84. The van der Waals surface area contributed by atoms with E-state index < -0.39 is 5.97 Å². The van der Waals surface area contributed by atoms with Crippen molar-refractivity contribution in [2.45, 2.75) is 6.92 Å². The number of nitrogens with zero attached hydrogens (tertiary/aromatic N) is 3. The number of pyridine rings is 1. The van der Waals surface area contributed by atoms with Crippen LogP contribution < -0.4 is 5.32 Å². The van der Waals surface area contributed by atoms with Gasteiger partial charge in [0.05, 0.1) is 32.9 Å². The molecule has 4 rings (SSSR count). The fraction of sp³-hybridized carbons (Fsp3) is 0.143. The Balaban J connectivity index is 1.91. The molecule has 0 saturated heterocycles. The van der Waals surface area contributed by atoms with E-state index in [2.05, 4.69) is 10.4 Å². The first kappa shape index (κ1) is 18.8. The molecule has 1 N–H and O–H groups in total. The molecule has 8 heteroatoms. The Morgan fingerprint density at radius 2 is 1.97 bits per heavy atom. The lowest BCUT2D eigenvalue weighted by atomic mass is 10.1. The molecule has 0 radical (unpaired) electrons. The van der Waals surface area contributed by atoms with Gasteiger partial charge in [-0.2, -0.15) is 5.10 Å². The van der Waals surface area contributed by atoms with Crippen molar-refractivity contribution < 1.29 is 14.3 Å². The van der Waals surface area contributed by atoms with Gasteiger partial charge in [-0.05, 0) is 36.6 Å². The van der Waals surface area contributed by atoms with Crippen molar-refractivity contribution in [2.75, 3.05) is 13.7 Å². The van der Waals surface area contributed by atoms with Crippen LogP contribution in [0.2, 0.25) is 0 Å². The fourth-order valence-corrected chi connectivity index (χ4v) is 3.72. The zero-order chi connectivity index (χ0) is 20.4. The second-order valence-corrected chi connectivity index (χ2v) is 7.26. The number of nitrogens with one attached hydrogen (secondary N) is 1. The predicted molar refractivity (Wildman–Crippen MR) is 111 cm³/mol. The number of carbonyl (C=O) groups excluding carboxylic acids is 2. The molecule has 0 unspecified atom stereocenters. The number of esters is 1. The Kier molecular flexibility index (Phi) is 5.09. The summed E-state index contributed by atoms with van der Waals surface area (Å²) >= 11 is 1.53. The molecule has 146 valence electrons. The minimum absolute atomic E-state index is 0.335. The van der Waals surface area contributed by atoms with Gasteiger partial charge in [0.15, 0.2) is 12.3 Å². The standard InChI is InChI=1S/C21H18N4O3S/c1-13-19-15(21(27)28-12-18(26)22-2)11-16(17-9-6-10-29-17)23-20(19)25(24-13)14-7-4-3-5-8-14/h3-11H,12H2,1-2H3,(H,22,26). The van der Waals surface area contributed by atoms with Crippen molar-refractivity contribution in [1.82, 2.24) is 20.1 Å². The summed E-state index contributed by atoms with van der Waals surface area (Å²) in [7, 11) is 1.49. The number of hydrogen-bond acceptors (Lipinski definition) is 6. The first-order chi connectivity index (χ1) is 14.1. The summed E-state index contributed by atoms with van der Waals surface area (Å²) < 4.78 is 6.94. The smallest absolute Gasteiger partial charge is 0.339 e. The third kappa shape index (κ3) is 3.62. The summed E-state index contributed by atoms with van der Waals surface area (Å²) in [5.41, 5.74) is 3.04. The lowest BCUT2D eigenvalue weighted by molar-refractivity contribution is -0.123. The summed E-state index contributed by atoms with van der Waals surface area (Å²) in [6.45, 7) is 1.48. The molecule has 0 fully saturated rings. The molecule has 0 saturated carbocycles. The summed E-state index contributed by atoms with van der Waals surface area (Å²) in [6, 6.07) is 15.2. The molecule has 7 nitrogen and oxygen atoms in total. The number of aryl methyl sites for hydroxylation is 1. The Hall–Kier alpha value is -3.52. The van der Waals surface area contributed by atoms with Crippen LogP contribution in [-0.2, 0) is 9.53 Å². The highest BCUT2D eigenvalue weighted by molar-refractivity contribution is 7.13. The van der Waals surface area contributed by atoms with Crippen molar-refractivity contribution in [3.63, 3.8) is 0 Å². The highest BCUT2D eigenvalue weighted by atomic mass is 32.1. The van der Waals surface area contributed by atoms with E-state index in [1.165, 1.54) is 18.4 Å². The number of rotatable bonds is 5. The molecule has 29 heavy (non-hydrogen) atoms. The Labute approximate surface area is 171 Å². The van der Waals surface area contributed by atoms with Crippen LogP contribution in [0.4, 0.5) is 0 Å². The van der Waals surface area contributed by atoms with Crippen LogP contribution >= 0.6 is 11.3 Å². The van der Waals surface area contributed by atoms with Crippen LogP contribution in [0.5, 0.6) is 0 Å². The third-order valence-electron chi connectivity index (χ3n) is 4.42. The van der Waals surface area contributed by atoms with Gasteiger partial charge in [-0.3, -0.25) is 4.79 Å². The molecule has 0 bridgehead atoms. The molecule has 1 aromatic carbocycles. The van der Waals surface area contributed by atoms with Crippen LogP contribution in [0.1, 0.15) is 16.1 Å². The predicted octanol–water partition coefficient (Wildman–Crippen LogP) is 3.36. The molecule has 4 aromatic rings. The van der Waals surface area contributed by atoms with Crippen molar-refractivity contribution >= 4 is 34.2 Å². The van der Waals surface area contributed by atoms with E-state index in [0.717, 1.165) is 10.6 Å². The SMILES string of the molecule is CNC(=O)COC(=O)c1cc(-c2cccs2)nc2c1c(C)nn2-c1ccccc1. The van der Waals surface area contributed by atoms with Crippen molar-refractivity contribution in [3.8, 4) is 16.3 Å². The number of benzene rings is 1. The van der Waals surface area contributed by atoms with Gasteiger partial charge in [-0.15, -0.1) is 11.3 Å². The Morgan fingerprint density at radius 1 is 1.17 bits per heavy atom. The van der Waals surface area contributed by atoms with Gasteiger partial charge in [-0.25, -0.2) is 14.5 Å². The van der Waals surface area contributed by atoms with Gasteiger partial charge in [0.1, 0.15) is 0 Å². The molecule has 3 heterocycles. The minimum atomic E-state index is -0.588. The molecule has 3 aromatic heterocycles. The minimum Gasteiger partial charge on any atom is -0.452 e. The van der Waals surface area contributed by atoms with Gasteiger partial charge in [-0.1, -0.05) is 24.3 Å². The number of ether oxygens (including phenoxy) is 1. The molecular formula is C21H18N4O3S. The molecular weight excluding hydrogens is 388 g/mol. The molecule has 0 aliphatic carbocycles. The van der Waals surface area contributed by atoms with E-state index in [9.17, 15) is 9.59 Å². The summed E-state index contributed by atoms with van der Waals surface area (Å²) in [5, 5.41) is 9.60. The first-order valence-corrected chi connectivity index (χ1v) is 9.84. The highest BCUT2D eigenvalue weighted by Gasteiger charge is 2.22. The van der Waals surface area contributed by atoms with E-state index in [-0.39, 0.29) is 12.5 Å². The largest absolute Gasteiger partial charge is 0.452 e. The zero-order valence-corrected chi connectivity index (χ0v) is 16.7. The van der Waals surface area contributed by atoms with Crippen LogP contribution in [0, 0.1) is 6.92 Å². The Bertz CT molecular complexity index is 1180. The molecule has 0 atom stereocenters. The van der Waals surface area contributed by atoms with Crippen molar-refractivity contribution in [2.24, 2.45) is 0 Å². The van der Waals surface area contributed by atoms with E-state index >= 15 is 0 Å². The van der Waals surface area contributed by atoms with E-state index in [1.807, 2.05) is 54.8 Å². The maximum atomic E-state index is 12.8. The third-order valence-corrected chi connectivity index (χ3v) is 5.31. The average Bonchev–Trinajstić information content (AvgIpc) is 3.40. The van der Waals surface area contributed by atoms with Crippen LogP contribution in [0.3, 0.4) is 0 Å². The summed E-state index contributed by atoms with van der Waals surface area (Å²) in [5.74, 6) is -0.964. The number of carbonyl (C=O) groups is 2. The van der Waals surface area contributed by atoms with Crippen LogP contribution in [0.15, 0.2) is 53.9 Å². The maximum Gasteiger partial charge on any atom is 0.339 e. The fourth-order valence-electron chi connectivity index (χ4n) is 3.03. The highest BCUT2D eigenvalue weighted by Crippen LogP contribution is 2.31. The number of amides is 1. The van der Waals surface area contributed by atoms with Crippen molar-refractivity contribution in [3.05, 3.63) is 65.2 Å². The number of likely N-dealkylation sites (N-methyl/N-ethyl adjacent to an activating group) is 1. The van der Waals surface area contributed by atoms with E-state index in [4.69, 9.17) is 9.72 Å². The second-order valence-electron chi connectivity index (χ2n) is 6.31. The normalized spacial score (nSPS) is 10.8. The van der Waals surface area contributed by atoms with Gasteiger partial charge >= 0.3 is 5.97 Å². The number of fused-ring (bicyclic) bond motifs is 1. The lowest BCUT2D eigenvalue weighted by Gasteiger charge is -2.08. The van der Waals surface area contributed by atoms with Gasteiger partial charge in [0, 0.05) is 7.05 Å². The molecule has 0 aliphatic heterocycles. The first-order valence-electron chi connectivity index (χ1n) is 8.96. The molecule has 1 amide bonds. The number of hydrogen-bond donors (Lipinski definition) is 1. The summed E-state index contributed by atoms with van der Waals surface area (Å²) in [6.07, 6.45) is 0. The topological polar surface area (TPSA) is 86.1 Å². The molecule has 0 spiro atoms.